The third-order valence-corrected chi connectivity index (χ3v) is 6.17. The summed E-state index contributed by atoms with van der Waals surface area (Å²) in [5.41, 5.74) is 1.78. The Morgan fingerprint density at radius 2 is 2.19 bits per heavy atom. The van der Waals surface area contributed by atoms with E-state index in [4.69, 9.17) is 5.11 Å². The van der Waals surface area contributed by atoms with Crippen molar-refractivity contribution in [1.29, 1.82) is 0 Å². The molecule has 2 bridgehead atoms. The quantitative estimate of drug-likeness (QED) is 0.712. The fourth-order valence-corrected chi connectivity index (χ4v) is 4.99. The third-order valence-electron chi connectivity index (χ3n) is 6.17. The lowest BCUT2D eigenvalue weighted by atomic mass is 9.84. The number of aliphatic hydroxyl groups is 1. The summed E-state index contributed by atoms with van der Waals surface area (Å²) in [7, 11) is 0. The summed E-state index contributed by atoms with van der Waals surface area (Å²) >= 11 is 0. The molecular formula is C20H28N4O2. The number of imidazole rings is 1. The van der Waals surface area contributed by atoms with Gasteiger partial charge in [-0.05, 0) is 56.1 Å². The molecule has 0 aliphatic heterocycles. The van der Waals surface area contributed by atoms with E-state index in [1.807, 2.05) is 28.8 Å². The Balaban J connectivity index is 1.46. The maximum absolute atomic E-state index is 12.7. The molecule has 2 aliphatic carbocycles. The summed E-state index contributed by atoms with van der Waals surface area (Å²) in [6.45, 7) is 2.82. The van der Waals surface area contributed by atoms with Gasteiger partial charge in [0.15, 0.2) is 0 Å². The Bertz CT molecular complexity index is 787. The fraction of sp³-hybridized carbons (Fsp3) is 0.600. The number of nitrogens with zero attached hydrogens (tertiary/aromatic N) is 2. The maximum atomic E-state index is 12.7. The fourth-order valence-electron chi connectivity index (χ4n) is 4.99. The summed E-state index contributed by atoms with van der Waals surface area (Å²) in [4.78, 5) is 17.3. The molecule has 140 valence electrons. The first-order valence-electron chi connectivity index (χ1n) is 9.75. The number of carbonyl (C=O) groups excluding carboxylic acids is 1. The van der Waals surface area contributed by atoms with Crippen molar-refractivity contribution < 1.29 is 9.90 Å². The van der Waals surface area contributed by atoms with Crippen molar-refractivity contribution >= 4 is 22.9 Å². The minimum atomic E-state index is 0.0236. The molecule has 0 saturated heterocycles. The van der Waals surface area contributed by atoms with Crippen molar-refractivity contribution in [3.05, 3.63) is 24.3 Å². The van der Waals surface area contributed by atoms with Crippen molar-refractivity contribution in [2.45, 2.75) is 45.2 Å². The molecule has 4 atom stereocenters. The van der Waals surface area contributed by atoms with Crippen LogP contribution in [0.5, 0.6) is 0 Å². The molecule has 2 aromatic rings. The van der Waals surface area contributed by atoms with E-state index in [9.17, 15) is 4.79 Å². The second kappa shape index (κ2) is 7.27. The van der Waals surface area contributed by atoms with Gasteiger partial charge < -0.3 is 20.3 Å². The molecule has 0 unspecified atom stereocenters. The van der Waals surface area contributed by atoms with E-state index >= 15 is 0 Å². The molecule has 0 radical (unpaired) electrons. The van der Waals surface area contributed by atoms with Crippen LogP contribution in [0.2, 0.25) is 0 Å². The second-order valence-corrected chi connectivity index (χ2v) is 7.86. The van der Waals surface area contributed by atoms with Gasteiger partial charge in [0.2, 0.25) is 11.9 Å². The van der Waals surface area contributed by atoms with E-state index in [-0.39, 0.29) is 25.1 Å². The molecule has 1 aromatic heterocycles. The first kappa shape index (κ1) is 17.3. The van der Waals surface area contributed by atoms with Gasteiger partial charge >= 0.3 is 0 Å². The summed E-state index contributed by atoms with van der Waals surface area (Å²) in [5, 5.41) is 15.4. The molecule has 4 rings (SSSR count). The number of carbonyl (C=O) groups is 1. The predicted molar refractivity (Wildman–Crippen MR) is 102 cm³/mol. The van der Waals surface area contributed by atoms with Crippen molar-refractivity contribution in [1.82, 2.24) is 14.9 Å². The van der Waals surface area contributed by atoms with Crippen LogP contribution in [-0.4, -0.2) is 39.8 Å². The molecular weight excluding hydrogens is 328 g/mol. The predicted octanol–water partition coefficient (Wildman–Crippen LogP) is 2.38. The molecule has 1 aromatic carbocycles. The Kier molecular flexibility index (Phi) is 4.85. The van der Waals surface area contributed by atoms with Crippen LogP contribution in [0, 0.1) is 17.8 Å². The highest BCUT2D eigenvalue weighted by molar-refractivity contribution is 5.83. The molecule has 6 nitrogen and oxygen atoms in total. The molecule has 2 aliphatic rings. The van der Waals surface area contributed by atoms with E-state index in [0.717, 1.165) is 22.9 Å². The highest BCUT2D eigenvalue weighted by Crippen LogP contribution is 2.49. The number of hydrogen-bond donors (Lipinski definition) is 3. The van der Waals surface area contributed by atoms with Gasteiger partial charge in [0.25, 0.3) is 0 Å². The number of nitrogens with one attached hydrogen (secondary N) is 2. The Morgan fingerprint density at radius 1 is 1.35 bits per heavy atom. The van der Waals surface area contributed by atoms with Crippen molar-refractivity contribution in [2.75, 3.05) is 18.5 Å². The lowest BCUT2D eigenvalue weighted by Crippen LogP contribution is -2.41. The third kappa shape index (κ3) is 3.30. The number of aliphatic hydroxyl groups excluding tert-OH is 1. The van der Waals surface area contributed by atoms with Crippen LogP contribution in [-0.2, 0) is 11.3 Å². The zero-order valence-electron chi connectivity index (χ0n) is 15.3. The summed E-state index contributed by atoms with van der Waals surface area (Å²) in [6.07, 6.45) is 5.33. The van der Waals surface area contributed by atoms with Crippen LogP contribution >= 0.6 is 0 Å². The van der Waals surface area contributed by atoms with Gasteiger partial charge in [-0.3, -0.25) is 4.79 Å². The SMILES string of the molecule is C[C@@H](NC(=O)Cn1c(NCCO)nc2ccccc21)[C@H]1C[C@H]2CC[C@H]1C2. The lowest BCUT2D eigenvalue weighted by molar-refractivity contribution is -0.122. The lowest BCUT2D eigenvalue weighted by Gasteiger charge is -2.28. The first-order chi connectivity index (χ1) is 12.7. The highest BCUT2D eigenvalue weighted by Gasteiger charge is 2.42. The van der Waals surface area contributed by atoms with E-state index in [2.05, 4.69) is 22.5 Å². The van der Waals surface area contributed by atoms with Crippen molar-refractivity contribution in [3.8, 4) is 0 Å². The Morgan fingerprint density at radius 3 is 2.92 bits per heavy atom. The molecule has 0 spiro atoms. The largest absolute Gasteiger partial charge is 0.395 e. The van der Waals surface area contributed by atoms with Gasteiger partial charge in [-0.15, -0.1) is 0 Å². The summed E-state index contributed by atoms with van der Waals surface area (Å²) in [5.74, 6) is 2.96. The van der Waals surface area contributed by atoms with Crippen LogP contribution in [0.3, 0.4) is 0 Å². The van der Waals surface area contributed by atoms with Gasteiger partial charge in [-0.25, -0.2) is 4.98 Å². The van der Waals surface area contributed by atoms with Crippen LogP contribution in [0.15, 0.2) is 24.3 Å². The number of hydrogen-bond acceptors (Lipinski definition) is 4. The standard InChI is InChI=1S/C20H28N4O2/c1-13(16-11-14-6-7-15(16)10-14)22-19(26)12-24-18-5-3-2-4-17(18)23-20(24)21-8-9-25/h2-5,13-16,25H,6-12H2,1H3,(H,21,23)(H,22,26)/t13-,14+,15+,16-/m1/s1. The molecule has 26 heavy (non-hydrogen) atoms. The number of benzene rings is 1. The molecule has 1 heterocycles. The molecule has 2 saturated carbocycles. The maximum Gasteiger partial charge on any atom is 0.240 e. The normalized spacial score (nSPS) is 25.5. The average Bonchev–Trinajstić information content (AvgIpc) is 3.34. The van der Waals surface area contributed by atoms with Gasteiger partial charge in [0.1, 0.15) is 6.54 Å². The van der Waals surface area contributed by atoms with Gasteiger partial charge in [-0.2, -0.15) is 0 Å². The van der Waals surface area contributed by atoms with Crippen LogP contribution in [0.1, 0.15) is 32.6 Å². The van der Waals surface area contributed by atoms with E-state index in [0.29, 0.717) is 18.4 Å². The highest BCUT2D eigenvalue weighted by atomic mass is 16.3. The number of rotatable bonds is 7. The van der Waals surface area contributed by atoms with E-state index in [1.165, 1.54) is 25.7 Å². The van der Waals surface area contributed by atoms with E-state index < -0.39 is 0 Å². The van der Waals surface area contributed by atoms with Gasteiger partial charge in [0, 0.05) is 12.6 Å². The monoisotopic (exact) mass is 356 g/mol. The van der Waals surface area contributed by atoms with Crippen molar-refractivity contribution in [2.24, 2.45) is 17.8 Å². The van der Waals surface area contributed by atoms with Gasteiger partial charge in [-0.1, -0.05) is 18.6 Å². The molecule has 6 heteroatoms. The Labute approximate surface area is 154 Å². The summed E-state index contributed by atoms with van der Waals surface area (Å²) in [6, 6.07) is 8.02. The minimum absolute atomic E-state index is 0.0236. The van der Waals surface area contributed by atoms with Crippen LogP contribution in [0.4, 0.5) is 5.95 Å². The number of aromatic nitrogens is 2. The molecule has 3 N–H and O–H groups in total. The van der Waals surface area contributed by atoms with E-state index in [1.54, 1.807) is 0 Å². The first-order valence-corrected chi connectivity index (χ1v) is 9.75. The molecule has 1 amide bonds. The zero-order valence-corrected chi connectivity index (χ0v) is 15.3. The number of fused-ring (bicyclic) bond motifs is 3. The zero-order chi connectivity index (χ0) is 18.1. The van der Waals surface area contributed by atoms with Crippen LogP contribution in [0.25, 0.3) is 11.0 Å². The average molecular weight is 356 g/mol. The summed E-state index contributed by atoms with van der Waals surface area (Å²) < 4.78 is 1.90. The smallest absolute Gasteiger partial charge is 0.240 e. The minimum Gasteiger partial charge on any atom is -0.395 e. The number of amides is 1. The Hall–Kier alpha value is -2.08. The number of para-hydroxylation sites is 2. The van der Waals surface area contributed by atoms with Crippen molar-refractivity contribution in [3.63, 3.8) is 0 Å². The molecule has 2 fully saturated rings. The van der Waals surface area contributed by atoms with Gasteiger partial charge in [0.05, 0.1) is 17.6 Å². The topological polar surface area (TPSA) is 79.2 Å². The van der Waals surface area contributed by atoms with Crippen LogP contribution < -0.4 is 10.6 Å². The number of anilines is 1. The second-order valence-electron chi connectivity index (χ2n) is 7.86.